The van der Waals surface area contributed by atoms with E-state index in [1.807, 2.05) is 23.6 Å². The second kappa shape index (κ2) is 9.18. The van der Waals surface area contributed by atoms with Crippen LogP contribution in [0.15, 0.2) is 66.6 Å². The van der Waals surface area contributed by atoms with Crippen molar-refractivity contribution in [3.05, 3.63) is 61.4 Å². The van der Waals surface area contributed by atoms with Crippen LogP contribution in [0.4, 0.5) is 5.69 Å². The van der Waals surface area contributed by atoms with Crippen molar-refractivity contribution in [3.63, 3.8) is 0 Å². The zero-order valence-corrected chi connectivity index (χ0v) is 16.5. The maximum atomic E-state index is 12.6. The Bertz CT molecular complexity index is 941. The Hall–Kier alpha value is -3.13. The Morgan fingerprint density at radius 3 is 2.75 bits per heavy atom. The van der Waals surface area contributed by atoms with E-state index in [0.29, 0.717) is 23.2 Å². The molecule has 1 amide bonds. The zero-order chi connectivity index (χ0) is 19.9. The standard InChI is InChI=1S/C20H21N5O2S/c1-4-12-25-18(15-6-5-11-21-13-15)23-24-20(25)28-14(2)19(26)22-16-7-9-17(27-3)10-8-16/h4-11,13-14H,1,12H2,2-3H3,(H,22,26). The van der Waals surface area contributed by atoms with Gasteiger partial charge in [0.05, 0.1) is 12.4 Å². The van der Waals surface area contributed by atoms with Gasteiger partial charge in [-0.05, 0) is 43.3 Å². The molecule has 0 saturated carbocycles. The van der Waals surface area contributed by atoms with Crippen molar-refractivity contribution in [2.24, 2.45) is 0 Å². The number of nitrogens with zero attached hydrogens (tertiary/aromatic N) is 4. The van der Waals surface area contributed by atoms with Gasteiger partial charge in [0.2, 0.25) is 5.91 Å². The molecule has 0 saturated heterocycles. The Labute approximate surface area is 167 Å². The molecule has 1 N–H and O–H groups in total. The number of hydrogen-bond acceptors (Lipinski definition) is 6. The molecule has 0 aliphatic heterocycles. The van der Waals surface area contributed by atoms with Crippen molar-refractivity contribution in [2.45, 2.75) is 23.9 Å². The topological polar surface area (TPSA) is 81.9 Å². The van der Waals surface area contributed by atoms with Gasteiger partial charge in [-0.3, -0.25) is 14.3 Å². The molecule has 1 aromatic carbocycles. The molecule has 0 fully saturated rings. The number of aromatic nitrogens is 4. The minimum Gasteiger partial charge on any atom is -0.497 e. The fourth-order valence-electron chi connectivity index (χ4n) is 2.51. The Balaban J connectivity index is 1.73. The summed E-state index contributed by atoms with van der Waals surface area (Å²) in [5.41, 5.74) is 1.57. The fourth-order valence-corrected chi connectivity index (χ4v) is 3.37. The number of nitrogens with one attached hydrogen (secondary N) is 1. The maximum Gasteiger partial charge on any atom is 0.237 e. The molecule has 0 spiro atoms. The molecule has 0 radical (unpaired) electrons. The molecule has 2 aromatic heterocycles. The molecular formula is C20H21N5O2S. The number of pyridine rings is 1. The van der Waals surface area contributed by atoms with Gasteiger partial charge < -0.3 is 10.1 Å². The predicted molar refractivity (Wildman–Crippen MR) is 110 cm³/mol. The first-order valence-electron chi connectivity index (χ1n) is 8.68. The number of carbonyl (C=O) groups excluding carboxylic acids is 1. The van der Waals surface area contributed by atoms with E-state index in [2.05, 4.69) is 27.1 Å². The van der Waals surface area contributed by atoms with Crippen LogP contribution in [0.3, 0.4) is 0 Å². The summed E-state index contributed by atoms with van der Waals surface area (Å²) in [6.07, 6.45) is 5.21. The van der Waals surface area contributed by atoms with E-state index in [0.717, 1.165) is 11.3 Å². The highest BCUT2D eigenvalue weighted by Crippen LogP contribution is 2.27. The van der Waals surface area contributed by atoms with Crippen LogP contribution in [0, 0.1) is 0 Å². The van der Waals surface area contributed by atoms with Gasteiger partial charge >= 0.3 is 0 Å². The van der Waals surface area contributed by atoms with E-state index in [4.69, 9.17) is 4.74 Å². The highest BCUT2D eigenvalue weighted by molar-refractivity contribution is 8.00. The third-order valence-electron chi connectivity index (χ3n) is 3.96. The summed E-state index contributed by atoms with van der Waals surface area (Å²) in [4.78, 5) is 16.7. The van der Waals surface area contributed by atoms with Gasteiger partial charge in [-0.15, -0.1) is 16.8 Å². The predicted octanol–water partition coefficient (Wildman–Crippen LogP) is 3.65. The third-order valence-corrected chi connectivity index (χ3v) is 5.04. The summed E-state index contributed by atoms with van der Waals surface area (Å²) in [5.74, 6) is 1.31. The molecule has 3 aromatic rings. The summed E-state index contributed by atoms with van der Waals surface area (Å²) in [7, 11) is 1.60. The first-order chi connectivity index (χ1) is 13.6. The molecule has 7 nitrogen and oxygen atoms in total. The maximum absolute atomic E-state index is 12.6. The lowest BCUT2D eigenvalue weighted by Crippen LogP contribution is -2.23. The lowest BCUT2D eigenvalue weighted by Gasteiger charge is -2.13. The number of methoxy groups -OCH3 is 1. The van der Waals surface area contributed by atoms with Crippen molar-refractivity contribution in [1.29, 1.82) is 0 Å². The summed E-state index contributed by atoms with van der Waals surface area (Å²) < 4.78 is 7.05. The molecule has 2 heterocycles. The van der Waals surface area contributed by atoms with Crippen molar-refractivity contribution in [3.8, 4) is 17.1 Å². The van der Waals surface area contributed by atoms with Crippen LogP contribution in [0.1, 0.15) is 6.92 Å². The minimum atomic E-state index is -0.364. The SMILES string of the molecule is C=CCn1c(SC(C)C(=O)Nc2ccc(OC)cc2)nnc1-c1cccnc1. The van der Waals surface area contributed by atoms with Crippen molar-refractivity contribution in [1.82, 2.24) is 19.7 Å². The molecule has 8 heteroatoms. The number of hydrogen-bond donors (Lipinski definition) is 1. The van der Waals surface area contributed by atoms with Gasteiger partial charge in [-0.2, -0.15) is 0 Å². The number of thioether (sulfide) groups is 1. The number of anilines is 1. The van der Waals surface area contributed by atoms with Crippen molar-refractivity contribution in [2.75, 3.05) is 12.4 Å². The van der Waals surface area contributed by atoms with Crippen LogP contribution in [-0.2, 0) is 11.3 Å². The van der Waals surface area contributed by atoms with E-state index >= 15 is 0 Å². The van der Waals surface area contributed by atoms with E-state index in [1.165, 1.54) is 11.8 Å². The average molecular weight is 395 g/mol. The summed E-state index contributed by atoms with van der Waals surface area (Å²) in [6.45, 7) is 6.17. The van der Waals surface area contributed by atoms with Gasteiger partial charge in [0.15, 0.2) is 11.0 Å². The molecule has 0 aliphatic carbocycles. The second-order valence-electron chi connectivity index (χ2n) is 5.92. The van der Waals surface area contributed by atoms with Gasteiger partial charge in [-0.1, -0.05) is 17.8 Å². The van der Waals surface area contributed by atoms with E-state index in [1.54, 1.807) is 49.8 Å². The molecule has 1 unspecified atom stereocenters. The van der Waals surface area contributed by atoms with Gasteiger partial charge in [0, 0.05) is 30.2 Å². The zero-order valence-electron chi connectivity index (χ0n) is 15.7. The molecule has 0 aliphatic rings. The normalized spacial score (nSPS) is 11.6. The smallest absolute Gasteiger partial charge is 0.237 e. The molecule has 3 rings (SSSR count). The van der Waals surface area contributed by atoms with Crippen LogP contribution in [0.25, 0.3) is 11.4 Å². The number of carbonyl (C=O) groups is 1. The average Bonchev–Trinajstić information content (AvgIpc) is 3.11. The first-order valence-corrected chi connectivity index (χ1v) is 9.56. The highest BCUT2D eigenvalue weighted by Gasteiger charge is 2.20. The Morgan fingerprint density at radius 2 is 2.11 bits per heavy atom. The summed E-state index contributed by atoms with van der Waals surface area (Å²) >= 11 is 1.35. The number of ether oxygens (including phenoxy) is 1. The molecule has 0 bridgehead atoms. The largest absolute Gasteiger partial charge is 0.497 e. The van der Waals surface area contributed by atoms with Crippen LogP contribution in [0.5, 0.6) is 5.75 Å². The monoisotopic (exact) mass is 395 g/mol. The number of rotatable bonds is 8. The van der Waals surface area contributed by atoms with Crippen molar-refractivity contribution >= 4 is 23.4 Å². The van der Waals surface area contributed by atoms with E-state index in [9.17, 15) is 4.79 Å². The Kier molecular flexibility index (Phi) is 6.44. The molecule has 1 atom stereocenters. The van der Waals surface area contributed by atoms with Gasteiger partial charge in [0.1, 0.15) is 5.75 Å². The van der Waals surface area contributed by atoms with Crippen LogP contribution in [-0.4, -0.2) is 38.0 Å². The highest BCUT2D eigenvalue weighted by atomic mass is 32.2. The van der Waals surface area contributed by atoms with Gasteiger partial charge in [0.25, 0.3) is 0 Å². The summed E-state index contributed by atoms with van der Waals surface area (Å²) in [6, 6.07) is 11.0. The molecular weight excluding hydrogens is 374 g/mol. The first kappa shape index (κ1) is 19.6. The van der Waals surface area contributed by atoms with Gasteiger partial charge in [-0.25, -0.2) is 0 Å². The lowest BCUT2D eigenvalue weighted by molar-refractivity contribution is -0.115. The van der Waals surface area contributed by atoms with Crippen LogP contribution in [0.2, 0.25) is 0 Å². The van der Waals surface area contributed by atoms with Crippen LogP contribution >= 0.6 is 11.8 Å². The fraction of sp³-hybridized carbons (Fsp3) is 0.200. The number of amides is 1. The number of allylic oxidation sites excluding steroid dienone is 1. The molecule has 28 heavy (non-hydrogen) atoms. The quantitative estimate of drug-likeness (QED) is 0.463. The van der Waals surface area contributed by atoms with E-state index in [-0.39, 0.29) is 11.2 Å². The lowest BCUT2D eigenvalue weighted by atomic mass is 10.3. The minimum absolute atomic E-state index is 0.119. The second-order valence-corrected chi connectivity index (χ2v) is 7.23. The molecule has 144 valence electrons. The summed E-state index contributed by atoms with van der Waals surface area (Å²) in [5, 5.41) is 11.7. The Morgan fingerprint density at radius 1 is 1.32 bits per heavy atom. The number of benzene rings is 1. The third kappa shape index (κ3) is 4.58. The van der Waals surface area contributed by atoms with Crippen molar-refractivity contribution < 1.29 is 9.53 Å². The van der Waals surface area contributed by atoms with Crippen LogP contribution < -0.4 is 10.1 Å². The van der Waals surface area contributed by atoms with E-state index < -0.39 is 0 Å².